The second-order valence-corrected chi connectivity index (χ2v) is 8.86. The van der Waals surface area contributed by atoms with Gasteiger partial charge in [-0.2, -0.15) is 0 Å². The van der Waals surface area contributed by atoms with E-state index >= 15 is 0 Å². The van der Waals surface area contributed by atoms with Crippen LogP contribution in [0.5, 0.6) is 11.6 Å². The van der Waals surface area contributed by atoms with Gasteiger partial charge in [0.2, 0.25) is 5.88 Å². The van der Waals surface area contributed by atoms with Crippen LogP contribution < -0.4 is 19.5 Å². The number of anilines is 1. The fourth-order valence-electron chi connectivity index (χ4n) is 2.98. The highest BCUT2D eigenvalue weighted by Gasteiger charge is 2.27. The van der Waals surface area contributed by atoms with Gasteiger partial charge >= 0.3 is 6.03 Å². The monoisotopic (exact) mass is 452 g/mol. The van der Waals surface area contributed by atoms with Crippen molar-refractivity contribution in [2.75, 3.05) is 18.4 Å². The number of carbonyl (C=O) groups excluding carboxylic acids is 1. The molecule has 3 rings (SSSR count). The Bertz CT molecular complexity index is 956. The summed E-state index contributed by atoms with van der Waals surface area (Å²) in [6.45, 7) is 6.40. The Morgan fingerprint density at radius 2 is 2.17 bits per heavy atom. The number of hydrogen-bond donors (Lipinski definition) is 2. The summed E-state index contributed by atoms with van der Waals surface area (Å²) in [5.74, 6) is 0.917. The van der Waals surface area contributed by atoms with Crippen LogP contribution in [0.25, 0.3) is 0 Å². The number of halogens is 1. The summed E-state index contributed by atoms with van der Waals surface area (Å²) in [5, 5.41) is 3.36. The van der Waals surface area contributed by atoms with E-state index < -0.39 is 11.0 Å². The van der Waals surface area contributed by atoms with E-state index in [9.17, 15) is 9.00 Å². The Morgan fingerprint density at radius 3 is 2.87 bits per heavy atom. The molecular formula is C20H25ClN4O4S. The number of hydrogen-bond acceptors (Lipinski definition) is 5. The second-order valence-electron chi connectivity index (χ2n) is 7.25. The van der Waals surface area contributed by atoms with E-state index in [1.165, 1.54) is 7.11 Å². The van der Waals surface area contributed by atoms with Gasteiger partial charge in [0.15, 0.2) is 11.0 Å². The van der Waals surface area contributed by atoms with Gasteiger partial charge in [-0.1, -0.05) is 11.6 Å². The van der Waals surface area contributed by atoms with Crippen molar-refractivity contribution in [3.63, 3.8) is 0 Å². The van der Waals surface area contributed by atoms with E-state index in [-0.39, 0.29) is 18.1 Å². The molecule has 1 aromatic carbocycles. The van der Waals surface area contributed by atoms with Crippen LogP contribution in [0.1, 0.15) is 26.3 Å². The van der Waals surface area contributed by atoms with E-state index in [2.05, 4.69) is 15.0 Å². The Kier molecular flexibility index (Phi) is 7.04. The third-order valence-corrected chi connectivity index (χ3v) is 5.84. The van der Waals surface area contributed by atoms with Gasteiger partial charge < -0.3 is 19.7 Å². The number of urea groups is 1. The molecule has 1 unspecified atom stereocenters. The van der Waals surface area contributed by atoms with Crippen LogP contribution in [0.15, 0.2) is 35.4 Å². The van der Waals surface area contributed by atoms with Gasteiger partial charge in [0.05, 0.1) is 31.6 Å². The molecule has 2 aromatic rings. The third-order valence-electron chi connectivity index (χ3n) is 4.47. The fourth-order valence-corrected chi connectivity index (χ4v) is 4.23. The average molecular weight is 453 g/mol. The summed E-state index contributed by atoms with van der Waals surface area (Å²) in [5.41, 5.74) is 1.25. The van der Waals surface area contributed by atoms with Crippen LogP contribution in [0.4, 0.5) is 10.5 Å². The van der Waals surface area contributed by atoms with Gasteiger partial charge in [-0.25, -0.2) is 14.0 Å². The maximum Gasteiger partial charge on any atom is 0.318 e. The minimum Gasteiger partial charge on any atom is -0.495 e. The van der Waals surface area contributed by atoms with Crippen molar-refractivity contribution in [3.05, 3.63) is 41.0 Å². The van der Waals surface area contributed by atoms with Gasteiger partial charge in [0, 0.05) is 16.6 Å². The molecule has 0 saturated carbocycles. The molecular weight excluding hydrogens is 428 g/mol. The molecule has 2 N–H and O–H groups in total. The average Bonchev–Trinajstić information content (AvgIpc) is 2.86. The van der Waals surface area contributed by atoms with Crippen molar-refractivity contribution < 1.29 is 18.5 Å². The molecule has 10 heteroatoms. The standard InChI is InChI=1S/C20H25ClN4O4S/c1-12(2)23-20(26)25-10-14-7-16(9-22-19(14)29-11-13(25)3)24-30(27)18-8-15(21)5-6-17(18)28-4/h5-9,12-13,24H,10-11H2,1-4H3,(H,23,26)/t13-,30?/m1/s1. The molecule has 1 aromatic heterocycles. The topological polar surface area (TPSA) is 92.8 Å². The molecule has 30 heavy (non-hydrogen) atoms. The summed E-state index contributed by atoms with van der Waals surface area (Å²) in [6.07, 6.45) is 1.54. The Labute approximate surface area is 183 Å². The second kappa shape index (κ2) is 9.53. The van der Waals surface area contributed by atoms with Crippen molar-refractivity contribution in [1.29, 1.82) is 0 Å². The maximum absolute atomic E-state index is 12.9. The van der Waals surface area contributed by atoms with Crippen molar-refractivity contribution in [1.82, 2.24) is 15.2 Å². The van der Waals surface area contributed by atoms with Crippen molar-refractivity contribution in [2.45, 2.75) is 44.3 Å². The zero-order chi connectivity index (χ0) is 21.8. The molecule has 2 atom stereocenters. The molecule has 1 aliphatic rings. The summed E-state index contributed by atoms with van der Waals surface area (Å²) in [4.78, 5) is 19.0. The summed E-state index contributed by atoms with van der Waals surface area (Å²) >= 11 is 6.04. The lowest BCUT2D eigenvalue weighted by atomic mass is 10.2. The highest BCUT2D eigenvalue weighted by molar-refractivity contribution is 7.86. The predicted octanol–water partition coefficient (Wildman–Crippen LogP) is 3.58. The van der Waals surface area contributed by atoms with Crippen LogP contribution in [-0.2, 0) is 17.5 Å². The highest BCUT2D eigenvalue weighted by Crippen LogP contribution is 2.29. The Balaban J connectivity index is 1.83. The van der Waals surface area contributed by atoms with Gasteiger partial charge in [-0.05, 0) is 45.0 Å². The Hall–Kier alpha value is -2.52. The van der Waals surface area contributed by atoms with Crippen LogP contribution in [0.3, 0.4) is 0 Å². The number of nitrogens with one attached hydrogen (secondary N) is 2. The number of carbonyl (C=O) groups is 1. The molecule has 0 spiro atoms. The number of benzene rings is 1. The number of pyridine rings is 1. The van der Waals surface area contributed by atoms with Crippen LogP contribution in [0.2, 0.25) is 5.02 Å². The Morgan fingerprint density at radius 1 is 1.40 bits per heavy atom. The predicted molar refractivity (Wildman–Crippen MR) is 116 cm³/mol. The fraction of sp³-hybridized carbons (Fsp3) is 0.400. The number of methoxy groups -OCH3 is 1. The van der Waals surface area contributed by atoms with Gasteiger partial charge in [-0.3, -0.25) is 4.72 Å². The summed E-state index contributed by atoms with van der Waals surface area (Å²) < 4.78 is 26.8. The largest absolute Gasteiger partial charge is 0.495 e. The van der Waals surface area contributed by atoms with Gasteiger partial charge in [0.25, 0.3) is 0 Å². The molecule has 1 aliphatic heterocycles. The minimum atomic E-state index is -1.63. The number of rotatable bonds is 5. The number of aromatic nitrogens is 1. The van der Waals surface area contributed by atoms with E-state index in [0.29, 0.717) is 40.4 Å². The van der Waals surface area contributed by atoms with E-state index in [1.807, 2.05) is 20.8 Å². The zero-order valence-corrected chi connectivity index (χ0v) is 18.8. The number of nitrogens with zero attached hydrogens (tertiary/aromatic N) is 2. The van der Waals surface area contributed by atoms with E-state index in [4.69, 9.17) is 21.1 Å². The first-order valence-electron chi connectivity index (χ1n) is 9.49. The van der Waals surface area contributed by atoms with Gasteiger partial charge in [0.1, 0.15) is 17.3 Å². The SMILES string of the molecule is COc1ccc(Cl)cc1S(=O)Nc1cnc2c(c1)CN(C(=O)NC(C)C)[C@H](C)CO2. The quantitative estimate of drug-likeness (QED) is 0.723. The molecule has 162 valence electrons. The molecule has 2 heterocycles. The van der Waals surface area contributed by atoms with Crippen LogP contribution >= 0.6 is 11.6 Å². The van der Waals surface area contributed by atoms with Crippen LogP contribution in [0, 0.1) is 0 Å². The first-order valence-corrected chi connectivity index (χ1v) is 11.0. The van der Waals surface area contributed by atoms with Crippen LogP contribution in [-0.4, -0.2) is 45.9 Å². The van der Waals surface area contributed by atoms with Crippen molar-refractivity contribution in [3.8, 4) is 11.6 Å². The van der Waals surface area contributed by atoms with Gasteiger partial charge in [-0.15, -0.1) is 0 Å². The molecule has 8 nitrogen and oxygen atoms in total. The number of ether oxygens (including phenoxy) is 2. The maximum atomic E-state index is 12.9. The first-order chi connectivity index (χ1) is 14.3. The molecule has 0 saturated heterocycles. The normalized spacial score (nSPS) is 16.9. The summed E-state index contributed by atoms with van der Waals surface area (Å²) in [7, 11) is -0.124. The minimum absolute atomic E-state index is 0.0227. The number of fused-ring (bicyclic) bond motifs is 1. The van der Waals surface area contributed by atoms with Crippen molar-refractivity contribution in [2.24, 2.45) is 0 Å². The molecule has 0 fully saturated rings. The smallest absolute Gasteiger partial charge is 0.318 e. The lowest BCUT2D eigenvalue weighted by molar-refractivity contribution is 0.154. The third kappa shape index (κ3) is 5.14. The number of amides is 2. The zero-order valence-electron chi connectivity index (χ0n) is 17.3. The molecule has 0 radical (unpaired) electrons. The molecule has 0 bridgehead atoms. The van der Waals surface area contributed by atoms with E-state index in [0.717, 1.165) is 5.56 Å². The lowest BCUT2D eigenvalue weighted by Crippen LogP contribution is -2.47. The molecule has 0 aliphatic carbocycles. The van der Waals surface area contributed by atoms with E-state index in [1.54, 1.807) is 35.4 Å². The van der Waals surface area contributed by atoms with Crippen molar-refractivity contribution >= 4 is 34.3 Å². The molecule has 2 amide bonds. The highest BCUT2D eigenvalue weighted by atomic mass is 35.5. The lowest BCUT2D eigenvalue weighted by Gasteiger charge is -2.27. The summed E-state index contributed by atoms with van der Waals surface area (Å²) in [6, 6.07) is 6.43. The first kappa shape index (κ1) is 22.2.